The van der Waals surface area contributed by atoms with Crippen molar-refractivity contribution >= 4 is 11.9 Å². The lowest BCUT2D eigenvalue weighted by Gasteiger charge is -2.20. The molecule has 8 nitrogen and oxygen atoms in total. The van der Waals surface area contributed by atoms with Crippen molar-refractivity contribution in [1.82, 2.24) is 24.6 Å². The van der Waals surface area contributed by atoms with Gasteiger partial charge in [-0.15, -0.1) is 0 Å². The van der Waals surface area contributed by atoms with Gasteiger partial charge in [0, 0.05) is 11.4 Å². The highest BCUT2D eigenvalue weighted by Crippen LogP contribution is 2.14. The Bertz CT molecular complexity index is 747. The molecule has 1 amide bonds. The summed E-state index contributed by atoms with van der Waals surface area (Å²) >= 11 is 0. The summed E-state index contributed by atoms with van der Waals surface area (Å²) in [6, 6.07) is 0. The van der Waals surface area contributed by atoms with E-state index < -0.39 is 5.97 Å². The van der Waals surface area contributed by atoms with E-state index in [0.717, 1.165) is 29.1 Å². The summed E-state index contributed by atoms with van der Waals surface area (Å²) in [5.41, 5.74) is 4.44. The summed E-state index contributed by atoms with van der Waals surface area (Å²) in [4.78, 5) is 32.1. The molecule has 0 saturated carbocycles. The molecule has 2 N–H and O–H groups in total. The second-order valence-electron chi connectivity index (χ2n) is 5.78. The van der Waals surface area contributed by atoms with Crippen LogP contribution in [-0.4, -0.2) is 48.2 Å². The average molecular weight is 333 g/mol. The third kappa shape index (κ3) is 3.81. The molecule has 8 heteroatoms. The normalized spacial score (nSPS) is 10.8. The molecule has 0 radical (unpaired) electrons. The first kappa shape index (κ1) is 17.7. The van der Waals surface area contributed by atoms with Crippen molar-refractivity contribution in [2.45, 2.75) is 47.2 Å². The van der Waals surface area contributed by atoms with E-state index in [1.165, 1.54) is 11.2 Å². The first-order valence-electron chi connectivity index (χ1n) is 7.84. The zero-order valence-corrected chi connectivity index (χ0v) is 14.5. The number of nitrogens with one attached hydrogen (secondary N) is 1. The van der Waals surface area contributed by atoms with Crippen LogP contribution in [0, 0.1) is 20.8 Å². The molecule has 0 aliphatic heterocycles. The van der Waals surface area contributed by atoms with Crippen molar-refractivity contribution in [3.05, 3.63) is 34.7 Å². The largest absolute Gasteiger partial charge is 0.480 e. The molecule has 0 atom stereocenters. The second-order valence-corrected chi connectivity index (χ2v) is 5.78. The van der Waals surface area contributed by atoms with Crippen LogP contribution < -0.4 is 0 Å². The first-order valence-corrected chi connectivity index (χ1v) is 7.84. The maximum absolute atomic E-state index is 12.6. The van der Waals surface area contributed by atoms with Crippen LogP contribution in [0.25, 0.3) is 0 Å². The molecular formula is C16H23N5O3. The third-order valence-corrected chi connectivity index (χ3v) is 4.12. The van der Waals surface area contributed by atoms with Gasteiger partial charge in [-0.2, -0.15) is 5.10 Å². The van der Waals surface area contributed by atoms with Crippen LogP contribution in [-0.2, 0) is 29.1 Å². The van der Waals surface area contributed by atoms with Gasteiger partial charge in [0.15, 0.2) is 0 Å². The number of aromatic amines is 1. The third-order valence-electron chi connectivity index (χ3n) is 4.12. The van der Waals surface area contributed by atoms with Gasteiger partial charge in [0.05, 0.1) is 24.3 Å². The number of amides is 1. The van der Waals surface area contributed by atoms with E-state index in [-0.39, 0.29) is 25.5 Å². The predicted octanol–water partition coefficient (Wildman–Crippen LogP) is 1.21. The van der Waals surface area contributed by atoms with Crippen LogP contribution in [0.3, 0.4) is 0 Å². The predicted molar refractivity (Wildman–Crippen MR) is 87.5 cm³/mol. The molecule has 2 heterocycles. The quantitative estimate of drug-likeness (QED) is 0.792. The SMILES string of the molecule is CCc1c(C)nn(CC(=O)N(CC(=O)O)Cc2nc[nH]c2C)c1C. The summed E-state index contributed by atoms with van der Waals surface area (Å²) in [6.45, 7) is 7.51. The molecule has 0 unspecified atom stereocenters. The molecule has 2 rings (SSSR count). The van der Waals surface area contributed by atoms with Crippen molar-refractivity contribution in [1.29, 1.82) is 0 Å². The Balaban J connectivity index is 2.18. The lowest BCUT2D eigenvalue weighted by Crippen LogP contribution is -2.38. The van der Waals surface area contributed by atoms with Crippen LogP contribution in [0.4, 0.5) is 0 Å². The van der Waals surface area contributed by atoms with E-state index in [0.29, 0.717) is 5.69 Å². The number of carbonyl (C=O) groups excluding carboxylic acids is 1. The topological polar surface area (TPSA) is 104 Å². The number of aliphatic carboxylic acids is 1. The Kier molecular flexibility index (Phi) is 5.38. The van der Waals surface area contributed by atoms with E-state index in [9.17, 15) is 9.59 Å². The molecule has 130 valence electrons. The highest BCUT2D eigenvalue weighted by molar-refractivity contribution is 5.81. The standard InChI is InChI=1S/C16H23N5O3/c1-5-13-10(2)19-21(12(13)4)7-15(22)20(8-16(23)24)6-14-11(3)17-9-18-14/h9H,5-8H2,1-4H3,(H,17,18)(H,23,24). The zero-order chi connectivity index (χ0) is 17.9. The fraction of sp³-hybridized carbons (Fsp3) is 0.500. The lowest BCUT2D eigenvalue weighted by atomic mass is 10.1. The Morgan fingerprint density at radius 2 is 2.04 bits per heavy atom. The van der Waals surface area contributed by atoms with Gasteiger partial charge < -0.3 is 15.0 Å². The van der Waals surface area contributed by atoms with Crippen LogP contribution in [0.1, 0.15) is 35.3 Å². The fourth-order valence-corrected chi connectivity index (χ4v) is 2.75. The summed E-state index contributed by atoms with van der Waals surface area (Å²) in [5, 5.41) is 13.5. The summed E-state index contributed by atoms with van der Waals surface area (Å²) in [6.07, 6.45) is 2.37. The summed E-state index contributed by atoms with van der Waals surface area (Å²) < 4.78 is 1.64. The molecule has 0 aliphatic rings. The van der Waals surface area contributed by atoms with Crippen molar-refractivity contribution in [2.24, 2.45) is 0 Å². The summed E-state index contributed by atoms with van der Waals surface area (Å²) in [7, 11) is 0. The molecule has 0 saturated heterocycles. The number of rotatable bonds is 7. The number of aromatic nitrogens is 4. The minimum absolute atomic E-state index is 0.0173. The van der Waals surface area contributed by atoms with E-state index in [1.807, 2.05) is 27.7 Å². The number of carbonyl (C=O) groups is 2. The molecule has 0 fully saturated rings. The first-order chi connectivity index (χ1) is 11.3. The van der Waals surface area contributed by atoms with Gasteiger partial charge in [0.2, 0.25) is 5.91 Å². The molecule has 24 heavy (non-hydrogen) atoms. The zero-order valence-electron chi connectivity index (χ0n) is 14.5. The van der Waals surface area contributed by atoms with Gasteiger partial charge in [-0.05, 0) is 32.8 Å². The van der Waals surface area contributed by atoms with E-state index in [1.54, 1.807) is 4.68 Å². The number of hydrogen-bond acceptors (Lipinski definition) is 4. The van der Waals surface area contributed by atoms with E-state index in [2.05, 4.69) is 15.1 Å². The highest BCUT2D eigenvalue weighted by atomic mass is 16.4. The number of carboxylic acids is 1. The van der Waals surface area contributed by atoms with Gasteiger partial charge in [0.25, 0.3) is 0 Å². The molecule has 0 aliphatic carbocycles. The second kappa shape index (κ2) is 7.29. The maximum atomic E-state index is 12.6. The Morgan fingerprint density at radius 1 is 1.33 bits per heavy atom. The lowest BCUT2D eigenvalue weighted by molar-refractivity contribution is -0.145. The van der Waals surface area contributed by atoms with Crippen LogP contribution in [0.2, 0.25) is 0 Å². The Labute approximate surface area is 140 Å². The van der Waals surface area contributed by atoms with Gasteiger partial charge in [-0.3, -0.25) is 14.3 Å². The van der Waals surface area contributed by atoms with Crippen molar-refractivity contribution in [2.75, 3.05) is 6.54 Å². The number of H-pyrrole nitrogens is 1. The molecule has 0 spiro atoms. The number of imidazole rings is 1. The maximum Gasteiger partial charge on any atom is 0.323 e. The van der Waals surface area contributed by atoms with Gasteiger partial charge in [-0.25, -0.2) is 4.98 Å². The smallest absolute Gasteiger partial charge is 0.323 e. The van der Waals surface area contributed by atoms with E-state index in [4.69, 9.17) is 5.11 Å². The molecular weight excluding hydrogens is 310 g/mol. The van der Waals surface area contributed by atoms with Crippen LogP contribution in [0.5, 0.6) is 0 Å². The Morgan fingerprint density at radius 3 is 2.54 bits per heavy atom. The Hall–Kier alpha value is -2.64. The van der Waals surface area contributed by atoms with Gasteiger partial charge >= 0.3 is 5.97 Å². The summed E-state index contributed by atoms with van der Waals surface area (Å²) in [5.74, 6) is -1.35. The van der Waals surface area contributed by atoms with Gasteiger partial charge in [-0.1, -0.05) is 6.92 Å². The molecule has 2 aromatic heterocycles. The minimum Gasteiger partial charge on any atom is -0.480 e. The minimum atomic E-state index is -1.06. The number of carboxylic acid groups (broad SMARTS) is 1. The van der Waals surface area contributed by atoms with Crippen molar-refractivity contribution < 1.29 is 14.7 Å². The monoisotopic (exact) mass is 333 g/mol. The van der Waals surface area contributed by atoms with Crippen LogP contribution >= 0.6 is 0 Å². The molecule has 2 aromatic rings. The number of nitrogens with zero attached hydrogens (tertiary/aromatic N) is 4. The van der Waals surface area contributed by atoms with E-state index >= 15 is 0 Å². The van der Waals surface area contributed by atoms with Gasteiger partial charge in [0.1, 0.15) is 13.1 Å². The highest BCUT2D eigenvalue weighted by Gasteiger charge is 2.21. The fourth-order valence-electron chi connectivity index (χ4n) is 2.75. The van der Waals surface area contributed by atoms with Crippen molar-refractivity contribution in [3.63, 3.8) is 0 Å². The average Bonchev–Trinajstić information content (AvgIpc) is 3.02. The molecule has 0 aromatic carbocycles. The number of hydrogen-bond donors (Lipinski definition) is 2. The van der Waals surface area contributed by atoms with Crippen molar-refractivity contribution in [3.8, 4) is 0 Å². The van der Waals surface area contributed by atoms with Crippen LogP contribution in [0.15, 0.2) is 6.33 Å². The number of aryl methyl sites for hydroxylation is 2. The molecule has 0 bridgehead atoms.